The fourth-order valence-corrected chi connectivity index (χ4v) is 1.18. The van der Waals surface area contributed by atoms with Gasteiger partial charge in [-0.2, -0.15) is 13.2 Å². The van der Waals surface area contributed by atoms with Crippen molar-refractivity contribution in [1.29, 1.82) is 0 Å². The highest BCUT2D eigenvalue weighted by molar-refractivity contribution is 5.99. The Bertz CT molecular complexity index is 442. The van der Waals surface area contributed by atoms with Crippen LogP contribution >= 0.6 is 0 Å². The lowest BCUT2D eigenvalue weighted by atomic mass is 10.1. The number of carbonyl (C=O) groups is 1. The number of rotatable bonds is 4. The lowest BCUT2D eigenvalue weighted by Gasteiger charge is -2.13. The molecular formula is C11H9F5O2. The van der Waals surface area contributed by atoms with Gasteiger partial charge in [-0.15, -0.1) is 0 Å². The van der Waals surface area contributed by atoms with Gasteiger partial charge in [0, 0.05) is 5.56 Å². The molecule has 0 saturated heterocycles. The van der Waals surface area contributed by atoms with E-state index in [9.17, 15) is 26.7 Å². The normalized spacial score (nSPS) is 13.4. The van der Waals surface area contributed by atoms with Gasteiger partial charge in [0.1, 0.15) is 12.7 Å². The number of hydrogen-bond acceptors (Lipinski definition) is 2. The van der Waals surface area contributed by atoms with E-state index in [0.717, 1.165) is 19.1 Å². The minimum atomic E-state index is -4.55. The van der Waals surface area contributed by atoms with Crippen LogP contribution in [0.15, 0.2) is 18.2 Å². The van der Waals surface area contributed by atoms with Gasteiger partial charge in [-0.25, -0.2) is 8.78 Å². The van der Waals surface area contributed by atoms with Crippen LogP contribution in [0.1, 0.15) is 17.3 Å². The molecule has 1 aromatic carbocycles. The van der Waals surface area contributed by atoms with E-state index < -0.39 is 36.3 Å². The zero-order valence-corrected chi connectivity index (χ0v) is 9.22. The number of hydrogen-bond donors (Lipinski definition) is 0. The minimum Gasteiger partial charge on any atom is -0.361 e. The van der Waals surface area contributed by atoms with Gasteiger partial charge in [-0.1, -0.05) is 0 Å². The average molecular weight is 268 g/mol. The molecule has 1 aromatic rings. The van der Waals surface area contributed by atoms with Crippen molar-refractivity contribution in [3.63, 3.8) is 0 Å². The van der Waals surface area contributed by atoms with Crippen LogP contribution in [0.4, 0.5) is 22.0 Å². The van der Waals surface area contributed by atoms with Crippen molar-refractivity contribution in [2.24, 2.45) is 0 Å². The molecule has 0 heterocycles. The highest BCUT2D eigenvalue weighted by Gasteiger charge is 2.30. The molecule has 0 N–H and O–H groups in total. The van der Waals surface area contributed by atoms with Crippen molar-refractivity contribution in [1.82, 2.24) is 0 Å². The molecule has 0 aliphatic heterocycles. The number of carbonyl (C=O) groups excluding carboxylic acids is 1. The smallest absolute Gasteiger partial charge is 0.361 e. The van der Waals surface area contributed by atoms with Crippen molar-refractivity contribution in [3.8, 4) is 0 Å². The molecule has 100 valence electrons. The maximum Gasteiger partial charge on any atom is 0.411 e. The highest BCUT2D eigenvalue weighted by Crippen LogP contribution is 2.17. The molecule has 0 fully saturated rings. The minimum absolute atomic E-state index is 0.247. The Labute approximate surface area is 99.4 Å². The van der Waals surface area contributed by atoms with E-state index in [0.29, 0.717) is 6.07 Å². The monoisotopic (exact) mass is 268 g/mol. The third-order valence-corrected chi connectivity index (χ3v) is 2.07. The zero-order valence-electron chi connectivity index (χ0n) is 9.22. The molecule has 1 atom stereocenters. The van der Waals surface area contributed by atoms with Gasteiger partial charge in [-0.05, 0) is 25.1 Å². The number of ketones is 1. The van der Waals surface area contributed by atoms with Crippen molar-refractivity contribution >= 4 is 5.78 Å². The molecule has 7 heteroatoms. The van der Waals surface area contributed by atoms with E-state index in [1.807, 2.05) is 0 Å². The first kappa shape index (κ1) is 14.6. The molecule has 0 aliphatic rings. The average Bonchev–Trinajstić information content (AvgIpc) is 2.27. The van der Waals surface area contributed by atoms with Crippen LogP contribution in [-0.2, 0) is 4.74 Å². The summed E-state index contributed by atoms with van der Waals surface area (Å²) in [7, 11) is 0. The molecule has 1 unspecified atom stereocenters. The summed E-state index contributed by atoms with van der Waals surface area (Å²) in [6, 6.07) is 2.32. The van der Waals surface area contributed by atoms with E-state index in [1.54, 1.807) is 0 Å². The quantitative estimate of drug-likeness (QED) is 0.619. The number of Topliss-reactive ketones (excluding diaryl/α,β-unsaturated/α-hetero) is 1. The second-order valence-electron chi connectivity index (χ2n) is 3.56. The summed E-state index contributed by atoms with van der Waals surface area (Å²) < 4.78 is 65.3. The Hall–Kier alpha value is -1.50. The fourth-order valence-electron chi connectivity index (χ4n) is 1.18. The molecule has 0 saturated carbocycles. The predicted molar refractivity (Wildman–Crippen MR) is 52.2 cm³/mol. The second kappa shape index (κ2) is 5.43. The molecule has 2 nitrogen and oxygen atoms in total. The molecule has 0 bridgehead atoms. The van der Waals surface area contributed by atoms with Crippen LogP contribution in [0.5, 0.6) is 0 Å². The summed E-state index contributed by atoms with van der Waals surface area (Å²) >= 11 is 0. The van der Waals surface area contributed by atoms with Crippen LogP contribution in [0.3, 0.4) is 0 Å². The van der Waals surface area contributed by atoms with Gasteiger partial charge in [0.2, 0.25) is 0 Å². The highest BCUT2D eigenvalue weighted by atomic mass is 19.4. The first-order valence-electron chi connectivity index (χ1n) is 4.88. The standard InChI is InChI=1S/C11H9F5O2/c1-6(18-5-11(14,15)16)10(17)7-2-3-8(12)9(13)4-7/h2-4,6H,5H2,1H3. The first-order valence-corrected chi connectivity index (χ1v) is 4.88. The van der Waals surface area contributed by atoms with Crippen molar-refractivity contribution in [2.75, 3.05) is 6.61 Å². The Morgan fingerprint density at radius 2 is 1.89 bits per heavy atom. The summed E-state index contributed by atoms with van der Waals surface area (Å²) in [5.74, 6) is -3.24. The van der Waals surface area contributed by atoms with Gasteiger partial charge in [0.15, 0.2) is 17.4 Å². The molecule has 18 heavy (non-hydrogen) atoms. The Morgan fingerprint density at radius 1 is 1.28 bits per heavy atom. The Morgan fingerprint density at radius 3 is 2.39 bits per heavy atom. The second-order valence-corrected chi connectivity index (χ2v) is 3.56. The maximum absolute atomic E-state index is 12.8. The maximum atomic E-state index is 12.8. The van der Waals surface area contributed by atoms with Crippen molar-refractivity contribution < 1.29 is 31.5 Å². The Balaban J connectivity index is 2.71. The number of ether oxygens (including phenoxy) is 1. The van der Waals surface area contributed by atoms with Crippen molar-refractivity contribution in [2.45, 2.75) is 19.2 Å². The van der Waals surface area contributed by atoms with Gasteiger partial charge in [-0.3, -0.25) is 4.79 Å². The molecule has 0 aromatic heterocycles. The van der Waals surface area contributed by atoms with E-state index in [4.69, 9.17) is 0 Å². The molecule has 0 radical (unpaired) electrons. The summed E-state index contributed by atoms with van der Waals surface area (Å²) in [6.45, 7) is -0.473. The molecular weight excluding hydrogens is 259 g/mol. The summed E-state index contributed by atoms with van der Waals surface area (Å²) in [5, 5.41) is 0. The van der Waals surface area contributed by atoms with Gasteiger partial charge in [0.05, 0.1) is 0 Å². The summed E-state index contributed by atoms with van der Waals surface area (Å²) in [4.78, 5) is 11.5. The third-order valence-electron chi connectivity index (χ3n) is 2.07. The fraction of sp³-hybridized carbons (Fsp3) is 0.364. The zero-order chi connectivity index (χ0) is 13.9. The largest absolute Gasteiger partial charge is 0.411 e. The van der Waals surface area contributed by atoms with Crippen LogP contribution < -0.4 is 0 Å². The van der Waals surface area contributed by atoms with Crippen molar-refractivity contribution in [3.05, 3.63) is 35.4 Å². The van der Waals surface area contributed by atoms with Crippen LogP contribution in [0, 0.1) is 11.6 Å². The first-order chi connectivity index (χ1) is 8.20. The SMILES string of the molecule is CC(OCC(F)(F)F)C(=O)c1ccc(F)c(F)c1. The lowest BCUT2D eigenvalue weighted by Crippen LogP contribution is -2.27. The topological polar surface area (TPSA) is 26.3 Å². The van der Waals surface area contributed by atoms with Crippen LogP contribution in [0.2, 0.25) is 0 Å². The van der Waals surface area contributed by atoms with Gasteiger partial charge in [0.25, 0.3) is 0 Å². The number of alkyl halides is 3. The van der Waals surface area contributed by atoms with E-state index in [2.05, 4.69) is 4.74 Å². The van der Waals surface area contributed by atoms with Gasteiger partial charge >= 0.3 is 6.18 Å². The third kappa shape index (κ3) is 4.06. The lowest BCUT2D eigenvalue weighted by molar-refractivity contribution is -0.179. The number of halogens is 5. The molecule has 0 amide bonds. The summed E-state index contributed by atoms with van der Waals surface area (Å²) in [5.41, 5.74) is -0.247. The van der Waals surface area contributed by atoms with E-state index in [1.165, 1.54) is 0 Å². The summed E-state index contributed by atoms with van der Waals surface area (Å²) in [6.07, 6.45) is -5.95. The predicted octanol–water partition coefficient (Wildman–Crippen LogP) is 3.11. The molecule has 0 spiro atoms. The number of benzene rings is 1. The van der Waals surface area contributed by atoms with E-state index >= 15 is 0 Å². The van der Waals surface area contributed by atoms with E-state index in [-0.39, 0.29) is 5.56 Å². The van der Waals surface area contributed by atoms with Crippen LogP contribution in [0.25, 0.3) is 0 Å². The van der Waals surface area contributed by atoms with Gasteiger partial charge < -0.3 is 4.74 Å². The Kier molecular flexibility index (Phi) is 4.39. The van der Waals surface area contributed by atoms with Crippen LogP contribution in [-0.4, -0.2) is 24.7 Å². The molecule has 1 rings (SSSR count). The molecule has 0 aliphatic carbocycles.